The molecule has 2 aromatic heterocycles. The number of ether oxygens (including phenoxy) is 1. The number of hydrogen-bond donors (Lipinski definition) is 1. The second-order valence-electron chi connectivity index (χ2n) is 5.25. The summed E-state index contributed by atoms with van der Waals surface area (Å²) in [5.41, 5.74) is 1.41. The smallest absolute Gasteiger partial charge is 0.270 e. The molecule has 0 bridgehead atoms. The zero-order valence-corrected chi connectivity index (χ0v) is 12.0. The quantitative estimate of drug-likeness (QED) is 0.928. The molecule has 1 saturated heterocycles. The van der Waals surface area contributed by atoms with E-state index in [2.05, 4.69) is 15.3 Å². The molecular weight excluding hydrogens is 268 g/mol. The molecule has 0 spiro atoms. The molecule has 1 amide bonds. The minimum atomic E-state index is -0.157. The van der Waals surface area contributed by atoms with Gasteiger partial charge in [-0.15, -0.1) is 0 Å². The average Bonchev–Trinajstić information content (AvgIpc) is 3.02. The van der Waals surface area contributed by atoms with E-state index in [0.29, 0.717) is 18.1 Å². The van der Waals surface area contributed by atoms with Gasteiger partial charge in [-0.2, -0.15) is 0 Å². The van der Waals surface area contributed by atoms with Crippen molar-refractivity contribution >= 4 is 5.91 Å². The highest BCUT2D eigenvalue weighted by Crippen LogP contribution is 2.11. The first kappa shape index (κ1) is 13.8. The van der Waals surface area contributed by atoms with Crippen LogP contribution in [0.3, 0.4) is 0 Å². The summed E-state index contributed by atoms with van der Waals surface area (Å²) >= 11 is 0. The summed E-state index contributed by atoms with van der Waals surface area (Å²) in [7, 11) is 0. The topological polar surface area (TPSA) is 69.0 Å². The highest BCUT2D eigenvalue weighted by molar-refractivity contribution is 5.92. The van der Waals surface area contributed by atoms with E-state index < -0.39 is 0 Å². The number of rotatable bonds is 3. The van der Waals surface area contributed by atoms with Gasteiger partial charge in [0.25, 0.3) is 5.91 Å². The predicted octanol–water partition coefficient (Wildman–Crippen LogP) is 1.48. The Hall–Kier alpha value is -2.21. The first-order valence-corrected chi connectivity index (χ1v) is 7.08. The van der Waals surface area contributed by atoms with Crippen molar-refractivity contribution in [2.75, 3.05) is 13.2 Å². The third-order valence-corrected chi connectivity index (χ3v) is 3.45. The van der Waals surface area contributed by atoms with Crippen molar-refractivity contribution in [3.05, 3.63) is 42.1 Å². The number of carbonyl (C=O) groups excluding carboxylic acids is 1. The lowest BCUT2D eigenvalue weighted by atomic mass is 10.1. The maximum atomic E-state index is 12.3. The molecule has 0 radical (unpaired) electrons. The van der Waals surface area contributed by atoms with Gasteiger partial charge in [-0.3, -0.25) is 9.36 Å². The van der Waals surface area contributed by atoms with Gasteiger partial charge in [0.15, 0.2) is 0 Å². The van der Waals surface area contributed by atoms with E-state index >= 15 is 0 Å². The summed E-state index contributed by atoms with van der Waals surface area (Å²) < 4.78 is 7.16. The van der Waals surface area contributed by atoms with Crippen molar-refractivity contribution in [3.8, 4) is 5.82 Å². The van der Waals surface area contributed by atoms with Gasteiger partial charge in [0.2, 0.25) is 0 Å². The number of hydrogen-bond acceptors (Lipinski definition) is 4. The van der Waals surface area contributed by atoms with Crippen LogP contribution in [0.15, 0.2) is 30.9 Å². The van der Waals surface area contributed by atoms with Crippen molar-refractivity contribution in [2.45, 2.75) is 25.8 Å². The Bertz CT molecular complexity index is 619. The molecule has 1 atom stereocenters. The molecule has 2 aromatic rings. The van der Waals surface area contributed by atoms with Crippen LogP contribution in [0.4, 0.5) is 0 Å². The summed E-state index contributed by atoms with van der Waals surface area (Å²) in [6, 6.07) is 3.78. The summed E-state index contributed by atoms with van der Waals surface area (Å²) in [6.07, 6.45) is 7.08. The summed E-state index contributed by atoms with van der Waals surface area (Å²) in [5, 5.41) is 2.98. The number of amides is 1. The lowest BCUT2D eigenvalue weighted by Gasteiger charge is -2.23. The van der Waals surface area contributed by atoms with Crippen molar-refractivity contribution in [1.29, 1.82) is 0 Å². The van der Waals surface area contributed by atoms with E-state index in [9.17, 15) is 4.79 Å². The van der Waals surface area contributed by atoms with Crippen LogP contribution in [-0.2, 0) is 4.74 Å². The first-order chi connectivity index (χ1) is 10.2. The van der Waals surface area contributed by atoms with Crippen LogP contribution in [0.25, 0.3) is 5.82 Å². The van der Waals surface area contributed by atoms with Crippen molar-refractivity contribution in [3.63, 3.8) is 0 Å². The molecule has 1 N–H and O–H groups in total. The molecule has 1 unspecified atom stereocenters. The maximum Gasteiger partial charge on any atom is 0.270 e. The van der Waals surface area contributed by atoms with E-state index in [0.717, 1.165) is 25.0 Å². The van der Waals surface area contributed by atoms with Gasteiger partial charge >= 0.3 is 0 Å². The minimum Gasteiger partial charge on any atom is -0.379 e. The van der Waals surface area contributed by atoms with Crippen molar-refractivity contribution < 1.29 is 9.53 Å². The molecule has 1 aliphatic rings. The summed E-state index contributed by atoms with van der Waals surface area (Å²) in [6.45, 7) is 3.30. The normalized spacial score (nSPS) is 18.4. The largest absolute Gasteiger partial charge is 0.379 e. The Balaban J connectivity index is 1.79. The first-order valence-electron chi connectivity index (χ1n) is 7.08. The minimum absolute atomic E-state index is 0.0743. The molecule has 21 heavy (non-hydrogen) atoms. The Labute approximate surface area is 123 Å². The van der Waals surface area contributed by atoms with Gasteiger partial charge in [0, 0.05) is 19.0 Å². The van der Waals surface area contributed by atoms with E-state index in [1.165, 1.54) is 0 Å². The number of carbonyl (C=O) groups is 1. The maximum absolute atomic E-state index is 12.3. The van der Waals surface area contributed by atoms with Crippen LogP contribution in [-0.4, -0.2) is 39.7 Å². The Morgan fingerprint density at radius 1 is 1.48 bits per heavy atom. The molecule has 6 nitrogen and oxygen atoms in total. The average molecular weight is 286 g/mol. The highest BCUT2D eigenvalue weighted by atomic mass is 16.5. The molecule has 0 saturated carbocycles. The van der Waals surface area contributed by atoms with Gasteiger partial charge in [0.05, 0.1) is 12.6 Å². The zero-order chi connectivity index (χ0) is 14.7. The van der Waals surface area contributed by atoms with E-state index in [1.807, 2.05) is 13.0 Å². The molecule has 110 valence electrons. The van der Waals surface area contributed by atoms with Gasteiger partial charge < -0.3 is 10.1 Å². The van der Waals surface area contributed by atoms with Crippen LogP contribution < -0.4 is 5.32 Å². The SMILES string of the molecule is Cc1cc(C(=O)NC2CCCOC2)nc(-n2ccnc2)c1. The van der Waals surface area contributed by atoms with Gasteiger partial charge in [-0.05, 0) is 37.5 Å². The fourth-order valence-corrected chi connectivity index (χ4v) is 2.41. The molecule has 1 fully saturated rings. The number of nitrogens with zero attached hydrogens (tertiary/aromatic N) is 3. The number of imidazole rings is 1. The molecule has 0 aliphatic carbocycles. The molecule has 6 heteroatoms. The van der Waals surface area contributed by atoms with Crippen LogP contribution in [0.5, 0.6) is 0 Å². The van der Waals surface area contributed by atoms with Crippen LogP contribution in [0, 0.1) is 6.92 Å². The fraction of sp³-hybridized carbons (Fsp3) is 0.400. The van der Waals surface area contributed by atoms with E-state index in [4.69, 9.17) is 4.74 Å². The van der Waals surface area contributed by atoms with Crippen molar-refractivity contribution in [1.82, 2.24) is 19.9 Å². The van der Waals surface area contributed by atoms with Crippen LogP contribution >= 0.6 is 0 Å². The molecular formula is C15H18N4O2. The van der Waals surface area contributed by atoms with Crippen LogP contribution in [0.2, 0.25) is 0 Å². The van der Waals surface area contributed by atoms with E-state index in [-0.39, 0.29) is 11.9 Å². The second kappa shape index (κ2) is 6.05. The second-order valence-corrected chi connectivity index (χ2v) is 5.25. The Morgan fingerprint density at radius 3 is 3.10 bits per heavy atom. The number of nitrogens with one attached hydrogen (secondary N) is 1. The third-order valence-electron chi connectivity index (χ3n) is 3.45. The monoisotopic (exact) mass is 286 g/mol. The summed E-state index contributed by atoms with van der Waals surface area (Å²) in [4.78, 5) is 20.7. The van der Waals surface area contributed by atoms with Gasteiger partial charge in [0.1, 0.15) is 17.8 Å². The van der Waals surface area contributed by atoms with Crippen molar-refractivity contribution in [2.24, 2.45) is 0 Å². The molecule has 0 aromatic carbocycles. The zero-order valence-electron chi connectivity index (χ0n) is 12.0. The Kier molecular flexibility index (Phi) is 3.96. The van der Waals surface area contributed by atoms with Gasteiger partial charge in [-0.1, -0.05) is 0 Å². The third kappa shape index (κ3) is 3.28. The summed E-state index contributed by atoms with van der Waals surface area (Å²) in [5.74, 6) is 0.535. The number of aromatic nitrogens is 3. The molecule has 3 heterocycles. The van der Waals surface area contributed by atoms with Crippen LogP contribution in [0.1, 0.15) is 28.9 Å². The van der Waals surface area contributed by atoms with E-state index in [1.54, 1.807) is 29.4 Å². The lowest BCUT2D eigenvalue weighted by molar-refractivity contribution is 0.0622. The number of pyridine rings is 1. The fourth-order valence-electron chi connectivity index (χ4n) is 2.41. The molecule has 1 aliphatic heterocycles. The number of aryl methyl sites for hydroxylation is 1. The standard InChI is InChI=1S/C15H18N4O2/c1-11-7-13(15(20)17-12-3-2-6-21-9-12)18-14(8-11)19-5-4-16-10-19/h4-5,7-8,10,12H,2-3,6,9H2,1H3,(H,17,20). The Morgan fingerprint density at radius 2 is 2.38 bits per heavy atom. The molecule has 3 rings (SSSR count). The lowest BCUT2D eigenvalue weighted by Crippen LogP contribution is -2.41. The predicted molar refractivity (Wildman–Crippen MR) is 77.4 cm³/mol. The highest BCUT2D eigenvalue weighted by Gasteiger charge is 2.18. The van der Waals surface area contributed by atoms with Gasteiger partial charge in [-0.25, -0.2) is 9.97 Å².